The fourth-order valence-electron chi connectivity index (χ4n) is 2.60. The normalized spacial score (nSPS) is 14.0. The second-order valence-electron chi connectivity index (χ2n) is 5.60. The minimum atomic E-state index is -1.22. The van der Waals surface area contributed by atoms with Crippen molar-refractivity contribution in [2.24, 2.45) is 0 Å². The largest absolute Gasteiger partial charge is 0.480 e. The van der Waals surface area contributed by atoms with Gasteiger partial charge in [-0.1, -0.05) is 13.0 Å². The van der Waals surface area contributed by atoms with Gasteiger partial charge in [-0.15, -0.1) is 0 Å². The number of rotatable bonds is 9. The average Bonchev–Trinajstić information content (AvgIpc) is 2.85. The van der Waals surface area contributed by atoms with Gasteiger partial charge < -0.3 is 10.4 Å². The molecule has 11 heteroatoms. The van der Waals surface area contributed by atoms with Crippen molar-refractivity contribution < 1.29 is 29.2 Å². The van der Waals surface area contributed by atoms with E-state index in [0.29, 0.717) is 10.7 Å². The van der Waals surface area contributed by atoms with Gasteiger partial charge in [-0.3, -0.25) is 29.4 Å². The van der Waals surface area contributed by atoms with Crippen LogP contribution in [-0.4, -0.2) is 62.7 Å². The van der Waals surface area contributed by atoms with E-state index in [1.807, 2.05) is 6.92 Å². The Balaban J connectivity index is 2.11. The molecule has 0 saturated heterocycles. The smallest absolute Gasteiger partial charge is 0.326 e. The molecule has 1 unspecified atom stereocenters. The van der Waals surface area contributed by atoms with Crippen LogP contribution in [0.15, 0.2) is 18.2 Å². The van der Waals surface area contributed by atoms with Crippen molar-refractivity contribution in [1.82, 2.24) is 10.2 Å². The number of carboxylic acids is 1. The zero-order valence-corrected chi connectivity index (χ0v) is 15.2. The minimum Gasteiger partial charge on any atom is -0.480 e. The molecule has 0 fully saturated rings. The van der Waals surface area contributed by atoms with Gasteiger partial charge in [0.05, 0.1) is 10.5 Å². The summed E-state index contributed by atoms with van der Waals surface area (Å²) in [7, 11) is 0. The Morgan fingerprint density at radius 1 is 1.33 bits per heavy atom. The molecule has 0 aliphatic carbocycles. The summed E-state index contributed by atoms with van der Waals surface area (Å²) in [6.45, 7) is 1.20. The summed E-state index contributed by atoms with van der Waals surface area (Å²) in [5, 5.41) is 22.5. The van der Waals surface area contributed by atoms with E-state index in [-0.39, 0.29) is 17.5 Å². The Hall–Kier alpha value is -2.95. The van der Waals surface area contributed by atoms with Crippen molar-refractivity contribution in [2.75, 3.05) is 18.1 Å². The second kappa shape index (κ2) is 8.62. The number of nitro benzene ring substituents is 1. The molecule has 1 aliphatic rings. The summed E-state index contributed by atoms with van der Waals surface area (Å²) < 4.78 is 0. The summed E-state index contributed by atoms with van der Waals surface area (Å²) in [4.78, 5) is 59.0. The molecule has 144 valence electrons. The maximum atomic E-state index is 12.4. The lowest BCUT2D eigenvalue weighted by atomic mass is 10.1. The molecule has 1 atom stereocenters. The van der Waals surface area contributed by atoms with E-state index in [2.05, 4.69) is 5.32 Å². The number of carboxylic acid groups (broad SMARTS) is 1. The first kappa shape index (κ1) is 20.4. The quantitative estimate of drug-likeness (QED) is 0.271. The zero-order chi connectivity index (χ0) is 20.1. The van der Waals surface area contributed by atoms with E-state index in [1.54, 1.807) is 0 Å². The highest BCUT2D eigenvalue weighted by molar-refractivity contribution is 7.99. The lowest BCUT2D eigenvalue weighted by Crippen LogP contribution is -2.47. The van der Waals surface area contributed by atoms with Crippen LogP contribution in [0.1, 0.15) is 34.1 Å². The lowest BCUT2D eigenvalue weighted by Gasteiger charge is -2.17. The number of thioether (sulfide) groups is 1. The van der Waals surface area contributed by atoms with Crippen LogP contribution >= 0.6 is 11.8 Å². The van der Waals surface area contributed by atoms with Crippen LogP contribution in [0.4, 0.5) is 5.69 Å². The fraction of sp³-hybridized carbons (Fsp3) is 0.375. The molecular formula is C16H17N3O7S. The summed E-state index contributed by atoms with van der Waals surface area (Å²) >= 11 is 1.51. The number of hydrogen-bond donors (Lipinski definition) is 2. The second-order valence-corrected chi connectivity index (χ2v) is 6.99. The third-order valence-corrected chi connectivity index (χ3v) is 4.80. The number of nitrogens with zero attached hydrogens (tertiary/aromatic N) is 2. The molecule has 2 N–H and O–H groups in total. The summed E-state index contributed by atoms with van der Waals surface area (Å²) in [5.74, 6) is -2.52. The van der Waals surface area contributed by atoms with Gasteiger partial charge in [-0.25, -0.2) is 4.79 Å². The van der Waals surface area contributed by atoms with Crippen LogP contribution in [0.3, 0.4) is 0 Å². The van der Waals surface area contributed by atoms with Gasteiger partial charge in [0.2, 0.25) is 5.91 Å². The lowest BCUT2D eigenvalue weighted by molar-refractivity contribution is -0.385. The molecule has 0 saturated carbocycles. The highest BCUT2D eigenvalue weighted by atomic mass is 32.2. The molecule has 1 aromatic carbocycles. The standard InChI is InChI=1S/C16H17N3O7S/c1-2-27-7-6-10(16(23)24)17-12(20)8-18-14(21)9-4-3-5-11(19(25)26)13(9)15(18)22/h3-5,10H,2,6-8H2,1H3,(H,17,20)(H,23,24). The number of hydrogen-bond acceptors (Lipinski definition) is 7. The zero-order valence-electron chi connectivity index (χ0n) is 14.3. The number of carbonyl (C=O) groups is 4. The number of nitrogens with one attached hydrogen (secondary N) is 1. The number of nitro groups is 1. The van der Waals surface area contributed by atoms with Gasteiger partial charge in [-0.2, -0.15) is 11.8 Å². The summed E-state index contributed by atoms with van der Waals surface area (Å²) in [6, 6.07) is 2.49. The first-order valence-electron chi connectivity index (χ1n) is 8.01. The monoisotopic (exact) mass is 395 g/mol. The molecular weight excluding hydrogens is 378 g/mol. The number of aliphatic carboxylic acids is 1. The molecule has 10 nitrogen and oxygen atoms in total. The fourth-order valence-corrected chi connectivity index (χ4v) is 3.29. The highest BCUT2D eigenvalue weighted by Crippen LogP contribution is 2.30. The van der Waals surface area contributed by atoms with Crippen LogP contribution in [0.25, 0.3) is 0 Å². The molecule has 0 spiro atoms. The maximum Gasteiger partial charge on any atom is 0.326 e. The van der Waals surface area contributed by atoms with Gasteiger partial charge >= 0.3 is 5.97 Å². The van der Waals surface area contributed by atoms with E-state index in [0.717, 1.165) is 11.8 Å². The first-order valence-corrected chi connectivity index (χ1v) is 9.16. The van der Waals surface area contributed by atoms with Gasteiger partial charge in [0.15, 0.2) is 0 Å². The van der Waals surface area contributed by atoms with Gasteiger partial charge in [0, 0.05) is 6.07 Å². The molecule has 2 rings (SSSR count). The van der Waals surface area contributed by atoms with Crippen LogP contribution in [0.5, 0.6) is 0 Å². The summed E-state index contributed by atoms with van der Waals surface area (Å²) in [6.07, 6.45) is 0.188. The molecule has 1 heterocycles. The molecule has 1 aliphatic heterocycles. The van der Waals surface area contributed by atoms with E-state index in [9.17, 15) is 34.4 Å². The Labute approximate surface area is 158 Å². The number of carbonyl (C=O) groups excluding carboxylic acids is 3. The number of amides is 3. The molecule has 27 heavy (non-hydrogen) atoms. The van der Waals surface area contributed by atoms with E-state index in [4.69, 9.17) is 0 Å². The van der Waals surface area contributed by atoms with E-state index in [1.165, 1.54) is 23.9 Å². The van der Waals surface area contributed by atoms with Crippen LogP contribution in [-0.2, 0) is 9.59 Å². The Kier molecular flexibility index (Phi) is 6.50. The van der Waals surface area contributed by atoms with E-state index >= 15 is 0 Å². The molecule has 0 radical (unpaired) electrons. The Morgan fingerprint density at radius 2 is 2.04 bits per heavy atom. The topological polar surface area (TPSA) is 147 Å². The minimum absolute atomic E-state index is 0.156. The van der Waals surface area contributed by atoms with Crippen molar-refractivity contribution in [3.63, 3.8) is 0 Å². The van der Waals surface area contributed by atoms with Gasteiger partial charge in [0.1, 0.15) is 18.2 Å². The van der Waals surface area contributed by atoms with Crippen molar-refractivity contribution >= 4 is 41.1 Å². The number of imide groups is 1. The van der Waals surface area contributed by atoms with Crippen LogP contribution in [0, 0.1) is 10.1 Å². The van der Waals surface area contributed by atoms with Crippen LogP contribution < -0.4 is 5.32 Å². The SMILES string of the molecule is CCSCCC(NC(=O)CN1C(=O)c2cccc([N+](=O)[O-])c2C1=O)C(=O)O. The Morgan fingerprint density at radius 3 is 2.63 bits per heavy atom. The molecule has 0 bridgehead atoms. The highest BCUT2D eigenvalue weighted by Gasteiger charge is 2.41. The third-order valence-electron chi connectivity index (χ3n) is 3.86. The van der Waals surface area contributed by atoms with E-state index < -0.39 is 46.9 Å². The molecule has 3 amide bonds. The van der Waals surface area contributed by atoms with Crippen molar-refractivity contribution in [3.05, 3.63) is 39.4 Å². The Bertz CT molecular complexity index is 811. The van der Waals surface area contributed by atoms with Crippen molar-refractivity contribution in [1.29, 1.82) is 0 Å². The predicted molar refractivity (Wildman–Crippen MR) is 95.6 cm³/mol. The molecule has 1 aromatic rings. The van der Waals surface area contributed by atoms with Crippen LogP contribution in [0.2, 0.25) is 0 Å². The van der Waals surface area contributed by atoms with Gasteiger partial charge in [-0.05, 0) is 24.0 Å². The van der Waals surface area contributed by atoms with Gasteiger partial charge in [0.25, 0.3) is 17.5 Å². The summed E-state index contributed by atoms with van der Waals surface area (Å²) in [5.41, 5.74) is -1.04. The molecule has 0 aromatic heterocycles. The number of fused-ring (bicyclic) bond motifs is 1. The van der Waals surface area contributed by atoms with Crippen molar-refractivity contribution in [2.45, 2.75) is 19.4 Å². The predicted octanol–water partition coefficient (Wildman–Crippen LogP) is 0.903. The first-order chi connectivity index (χ1) is 12.8. The number of benzene rings is 1. The maximum absolute atomic E-state index is 12.4. The van der Waals surface area contributed by atoms with Crippen molar-refractivity contribution in [3.8, 4) is 0 Å². The average molecular weight is 395 g/mol. The third kappa shape index (κ3) is 4.42.